The fourth-order valence-electron chi connectivity index (χ4n) is 1.30. The summed E-state index contributed by atoms with van der Waals surface area (Å²) in [5.74, 6) is 0. The molecule has 0 fully saturated rings. The van der Waals surface area contributed by atoms with Crippen LogP contribution in [0.5, 0.6) is 0 Å². The fraction of sp³-hybridized carbons (Fsp3) is 0.308. The smallest absolute Gasteiger partial charge is 0.248 e. The summed E-state index contributed by atoms with van der Waals surface area (Å²) in [4.78, 5) is 13.6. The third kappa shape index (κ3) is 3.87. The van der Waals surface area contributed by atoms with Crippen molar-refractivity contribution in [2.75, 3.05) is 13.2 Å². The van der Waals surface area contributed by atoms with E-state index in [2.05, 4.69) is 4.98 Å². The van der Waals surface area contributed by atoms with Crippen molar-refractivity contribution >= 4 is 10.9 Å². The Bertz CT molecular complexity index is 474. The van der Waals surface area contributed by atoms with Crippen LogP contribution in [-0.2, 0) is 4.74 Å². The molecule has 1 aromatic carbocycles. The van der Waals surface area contributed by atoms with E-state index in [0.717, 1.165) is 24.1 Å². The van der Waals surface area contributed by atoms with Crippen molar-refractivity contribution in [3.05, 3.63) is 46.8 Å². The van der Waals surface area contributed by atoms with Crippen LogP contribution in [0.4, 0.5) is 0 Å². The van der Waals surface area contributed by atoms with Crippen molar-refractivity contribution in [1.82, 2.24) is 4.98 Å². The highest BCUT2D eigenvalue weighted by Gasteiger charge is 1.89. The average Bonchev–Trinajstić information content (AvgIpc) is 2.31. The van der Waals surface area contributed by atoms with E-state index in [1.807, 2.05) is 44.2 Å². The predicted octanol–water partition coefficient (Wildman–Crippen LogP) is 2.57. The highest BCUT2D eigenvalue weighted by atomic mass is 16.5. The molecule has 0 unspecified atom stereocenters. The summed E-state index contributed by atoms with van der Waals surface area (Å²) in [6.45, 7) is 5.67. The summed E-state index contributed by atoms with van der Waals surface area (Å²) in [5.41, 5.74) is 0.837. The third-order valence-corrected chi connectivity index (χ3v) is 2.04. The van der Waals surface area contributed by atoms with Crippen molar-refractivity contribution in [1.29, 1.82) is 0 Å². The van der Waals surface area contributed by atoms with Crippen molar-refractivity contribution in [2.45, 2.75) is 13.8 Å². The minimum Gasteiger partial charge on any atom is -0.382 e. The monoisotopic (exact) mass is 219 g/mol. The Balaban J connectivity index is 0.000000221. The Morgan fingerprint density at radius 3 is 2.38 bits per heavy atom. The molecule has 0 atom stereocenters. The van der Waals surface area contributed by atoms with Gasteiger partial charge in [0.25, 0.3) is 0 Å². The first kappa shape index (κ1) is 12.5. The summed E-state index contributed by atoms with van der Waals surface area (Å²) < 4.78 is 4.83. The molecule has 2 rings (SSSR count). The lowest BCUT2D eigenvalue weighted by Crippen LogP contribution is -2.01. The predicted molar refractivity (Wildman–Crippen MR) is 66.7 cm³/mol. The summed E-state index contributed by atoms with van der Waals surface area (Å²) in [6.07, 6.45) is 0. The quantitative estimate of drug-likeness (QED) is 0.843. The first-order valence-electron chi connectivity index (χ1n) is 5.43. The molecular formula is C13H17NO2. The number of para-hydroxylation sites is 1. The molecule has 3 heteroatoms. The number of H-pyrrole nitrogens is 1. The molecule has 0 radical (unpaired) electrons. The van der Waals surface area contributed by atoms with Crippen LogP contribution in [0.1, 0.15) is 13.8 Å². The van der Waals surface area contributed by atoms with Crippen LogP contribution in [0.25, 0.3) is 10.9 Å². The van der Waals surface area contributed by atoms with Gasteiger partial charge in [-0.1, -0.05) is 18.2 Å². The Morgan fingerprint density at radius 2 is 1.75 bits per heavy atom. The molecule has 0 saturated heterocycles. The number of hydrogen-bond acceptors (Lipinski definition) is 2. The van der Waals surface area contributed by atoms with Gasteiger partial charge in [0.05, 0.1) is 0 Å². The van der Waals surface area contributed by atoms with Gasteiger partial charge in [0.1, 0.15) is 0 Å². The molecule has 86 valence electrons. The van der Waals surface area contributed by atoms with Gasteiger partial charge in [-0.3, -0.25) is 4.79 Å². The van der Waals surface area contributed by atoms with E-state index in [9.17, 15) is 4.79 Å². The van der Waals surface area contributed by atoms with Gasteiger partial charge in [0, 0.05) is 24.8 Å². The maximum absolute atomic E-state index is 10.8. The molecule has 0 saturated carbocycles. The number of fused-ring (bicyclic) bond motifs is 1. The van der Waals surface area contributed by atoms with Gasteiger partial charge < -0.3 is 9.72 Å². The van der Waals surface area contributed by atoms with E-state index in [0.29, 0.717) is 0 Å². The molecule has 0 aliphatic heterocycles. The van der Waals surface area contributed by atoms with E-state index < -0.39 is 0 Å². The maximum atomic E-state index is 10.8. The summed E-state index contributed by atoms with van der Waals surface area (Å²) in [5, 5.41) is 1.06. The topological polar surface area (TPSA) is 42.1 Å². The zero-order valence-corrected chi connectivity index (χ0v) is 9.69. The zero-order valence-electron chi connectivity index (χ0n) is 9.69. The van der Waals surface area contributed by atoms with Gasteiger partial charge in [-0.25, -0.2) is 0 Å². The highest BCUT2D eigenvalue weighted by Crippen LogP contribution is 2.06. The first-order chi connectivity index (χ1) is 7.77. The number of aromatic nitrogens is 1. The molecule has 0 bridgehead atoms. The Hall–Kier alpha value is -1.61. The van der Waals surface area contributed by atoms with Gasteiger partial charge in [-0.2, -0.15) is 0 Å². The van der Waals surface area contributed by atoms with Crippen molar-refractivity contribution in [3.63, 3.8) is 0 Å². The van der Waals surface area contributed by atoms with Crippen LogP contribution in [0.15, 0.2) is 41.2 Å². The molecule has 1 heterocycles. The van der Waals surface area contributed by atoms with Crippen molar-refractivity contribution < 1.29 is 4.74 Å². The van der Waals surface area contributed by atoms with E-state index in [-0.39, 0.29) is 5.56 Å². The van der Waals surface area contributed by atoms with Crippen molar-refractivity contribution in [2.24, 2.45) is 0 Å². The molecule has 0 aliphatic rings. The first-order valence-corrected chi connectivity index (χ1v) is 5.43. The average molecular weight is 219 g/mol. The van der Waals surface area contributed by atoms with Crippen LogP contribution < -0.4 is 5.56 Å². The van der Waals surface area contributed by atoms with Crippen LogP contribution >= 0.6 is 0 Å². The van der Waals surface area contributed by atoms with E-state index in [4.69, 9.17) is 4.74 Å². The van der Waals surface area contributed by atoms with Gasteiger partial charge in [0.2, 0.25) is 5.56 Å². The second-order valence-electron chi connectivity index (χ2n) is 3.19. The minimum absolute atomic E-state index is 0.0521. The number of aromatic amines is 1. The SMILES string of the molecule is CCOCC.O=c1ccc2ccccc2[nH]1. The van der Waals surface area contributed by atoms with Crippen LogP contribution in [0, 0.1) is 0 Å². The molecule has 3 nitrogen and oxygen atoms in total. The zero-order chi connectivity index (χ0) is 11.8. The number of pyridine rings is 1. The molecule has 0 spiro atoms. The van der Waals surface area contributed by atoms with Crippen LogP contribution in [-0.4, -0.2) is 18.2 Å². The molecular weight excluding hydrogens is 202 g/mol. The van der Waals surface area contributed by atoms with Gasteiger partial charge in [-0.15, -0.1) is 0 Å². The molecule has 2 aromatic rings. The Kier molecular flexibility index (Phi) is 5.29. The lowest BCUT2D eigenvalue weighted by atomic mass is 10.2. The standard InChI is InChI=1S/C9H7NO.C4H10O/c11-9-6-5-7-3-1-2-4-8(7)10-9;1-3-5-4-2/h1-6H,(H,10,11);3-4H2,1-2H3. The fourth-order valence-corrected chi connectivity index (χ4v) is 1.30. The number of benzene rings is 1. The Labute approximate surface area is 95.1 Å². The minimum atomic E-state index is -0.0521. The van der Waals surface area contributed by atoms with Crippen LogP contribution in [0.3, 0.4) is 0 Å². The summed E-state index contributed by atoms with van der Waals surface area (Å²) in [7, 11) is 0. The second-order valence-corrected chi connectivity index (χ2v) is 3.19. The third-order valence-electron chi connectivity index (χ3n) is 2.04. The normalized spacial score (nSPS) is 9.62. The van der Waals surface area contributed by atoms with E-state index in [1.54, 1.807) is 0 Å². The molecule has 1 N–H and O–H groups in total. The molecule has 1 aromatic heterocycles. The largest absolute Gasteiger partial charge is 0.382 e. The highest BCUT2D eigenvalue weighted by molar-refractivity contribution is 5.77. The van der Waals surface area contributed by atoms with Gasteiger partial charge in [-0.05, 0) is 31.4 Å². The van der Waals surface area contributed by atoms with E-state index >= 15 is 0 Å². The number of hydrogen-bond donors (Lipinski definition) is 1. The van der Waals surface area contributed by atoms with Crippen LogP contribution in [0.2, 0.25) is 0 Å². The Morgan fingerprint density at radius 1 is 1.06 bits per heavy atom. The summed E-state index contributed by atoms with van der Waals surface area (Å²) in [6, 6.07) is 11.0. The lowest BCUT2D eigenvalue weighted by molar-refractivity contribution is 0.162. The number of rotatable bonds is 2. The number of nitrogens with one attached hydrogen (secondary N) is 1. The molecule has 16 heavy (non-hydrogen) atoms. The molecule has 0 amide bonds. The number of ether oxygens (including phenoxy) is 1. The van der Waals surface area contributed by atoms with Gasteiger partial charge >= 0.3 is 0 Å². The lowest BCUT2D eigenvalue weighted by Gasteiger charge is -1.93. The summed E-state index contributed by atoms with van der Waals surface area (Å²) >= 11 is 0. The maximum Gasteiger partial charge on any atom is 0.248 e. The second kappa shape index (κ2) is 6.80. The van der Waals surface area contributed by atoms with Crippen molar-refractivity contribution in [3.8, 4) is 0 Å². The van der Waals surface area contributed by atoms with E-state index in [1.165, 1.54) is 6.07 Å². The van der Waals surface area contributed by atoms with Gasteiger partial charge in [0.15, 0.2) is 0 Å². The molecule has 0 aliphatic carbocycles.